The SMILES string of the molecule is CC(CCc1ccco1)Nc1ccc(N)cc1C(F)F. The van der Waals surface area contributed by atoms with Crippen LogP contribution in [0.3, 0.4) is 0 Å². The summed E-state index contributed by atoms with van der Waals surface area (Å²) in [6.45, 7) is 1.95. The highest BCUT2D eigenvalue weighted by molar-refractivity contribution is 5.59. The fraction of sp³-hybridized carbons (Fsp3) is 0.333. The van der Waals surface area contributed by atoms with Crippen LogP contribution < -0.4 is 11.1 Å². The molecule has 0 aliphatic carbocycles. The van der Waals surface area contributed by atoms with E-state index in [1.165, 1.54) is 6.07 Å². The Morgan fingerprint density at radius 3 is 2.75 bits per heavy atom. The molecule has 2 aromatic rings. The lowest BCUT2D eigenvalue weighted by Crippen LogP contribution is -2.17. The predicted molar refractivity (Wildman–Crippen MR) is 75.9 cm³/mol. The fourth-order valence-electron chi connectivity index (χ4n) is 2.04. The summed E-state index contributed by atoms with van der Waals surface area (Å²) in [4.78, 5) is 0. The minimum atomic E-state index is -2.54. The van der Waals surface area contributed by atoms with E-state index in [-0.39, 0.29) is 11.6 Å². The summed E-state index contributed by atoms with van der Waals surface area (Å²) in [5.74, 6) is 0.894. The van der Waals surface area contributed by atoms with Gasteiger partial charge in [-0.1, -0.05) is 0 Å². The molecule has 0 fully saturated rings. The van der Waals surface area contributed by atoms with E-state index in [1.54, 1.807) is 18.4 Å². The van der Waals surface area contributed by atoms with Crippen molar-refractivity contribution in [3.05, 3.63) is 47.9 Å². The van der Waals surface area contributed by atoms with Crippen LogP contribution in [0.15, 0.2) is 41.0 Å². The van der Waals surface area contributed by atoms with Gasteiger partial charge >= 0.3 is 0 Å². The van der Waals surface area contributed by atoms with Crippen LogP contribution >= 0.6 is 0 Å². The lowest BCUT2D eigenvalue weighted by atomic mass is 10.1. The first kappa shape index (κ1) is 14.4. The third-order valence-corrected chi connectivity index (χ3v) is 3.12. The molecule has 108 valence electrons. The van der Waals surface area contributed by atoms with Gasteiger partial charge in [-0.3, -0.25) is 0 Å². The summed E-state index contributed by atoms with van der Waals surface area (Å²) >= 11 is 0. The van der Waals surface area contributed by atoms with E-state index in [1.807, 2.05) is 19.1 Å². The monoisotopic (exact) mass is 280 g/mol. The first-order valence-corrected chi connectivity index (χ1v) is 6.52. The average molecular weight is 280 g/mol. The summed E-state index contributed by atoms with van der Waals surface area (Å²) in [7, 11) is 0. The highest BCUT2D eigenvalue weighted by Crippen LogP contribution is 2.29. The normalized spacial score (nSPS) is 12.6. The molecule has 1 atom stereocenters. The molecule has 0 saturated carbocycles. The summed E-state index contributed by atoms with van der Waals surface area (Å²) in [6.07, 6.45) is 0.640. The minimum absolute atomic E-state index is 0.0567. The number of benzene rings is 1. The van der Waals surface area contributed by atoms with Gasteiger partial charge in [-0.2, -0.15) is 0 Å². The Morgan fingerprint density at radius 1 is 1.30 bits per heavy atom. The summed E-state index contributed by atoms with van der Waals surface area (Å²) in [5, 5.41) is 3.10. The summed E-state index contributed by atoms with van der Waals surface area (Å²) in [6, 6.07) is 8.32. The smallest absolute Gasteiger partial charge is 0.265 e. The zero-order valence-corrected chi connectivity index (χ0v) is 11.3. The van der Waals surface area contributed by atoms with Crippen molar-refractivity contribution >= 4 is 11.4 Å². The van der Waals surface area contributed by atoms with Crippen molar-refractivity contribution in [3.63, 3.8) is 0 Å². The van der Waals surface area contributed by atoms with Gasteiger partial charge in [-0.05, 0) is 43.7 Å². The summed E-state index contributed by atoms with van der Waals surface area (Å²) < 4.78 is 31.2. The van der Waals surface area contributed by atoms with Gasteiger partial charge in [0.15, 0.2) is 0 Å². The Hall–Kier alpha value is -2.04. The second-order valence-corrected chi connectivity index (χ2v) is 4.81. The molecule has 0 spiro atoms. The van der Waals surface area contributed by atoms with Gasteiger partial charge in [0, 0.05) is 29.4 Å². The molecule has 1 aromatic carbocycles. The van der Waals surface area contributed by atoms with Crippen molar-refractivity contribution in [3.8, 4) is 0 Å². The number of hydrogen-bond donors (Lipinski definition) is 2. The first-order valence-electron chi connectivity index (χ1n) is 6.52. The molecule has 3 nitrogen and oxygen atoms in total. The van der Waals surface area contributed by atoms with Gasteiger partial charge in [-0.25, -0.2) is 8.78 Å². The maximum absolute atomic E-state index is 13.0. The van der Waals surface area contributed by atoms with Crippen molar-refractivity contribution in [1.82, 2.24) is 0 Å². The molecule has 0 bridgehead atoms. The standard InChI is InChI=1S/C15H18F2N2O/c1-10(4-6-12-3-2-8-20-12)19-14-7-5-11(18)9-13(14)15(16)17/h2-3,5,7-10,15,19H,4,6,18H2,1H3. The van der Waals surface area contributed by atoms with E-state index in [2.05, 4.69) is 5.32 Å². The largest absolute Gasteiger partial charge is 0.469 e. The Morgan fingerprint density at radius 2 is 2.10 bits per heavy atom. The second-order valence-electron chi connectivity index (χ2n) is 4.81. The molecule has 5 heteroatoms. The number of aryl methyl sites for hydroxylation is 1. The lowest BCUT2D eigenvalue weighted by Gasteiger charge is -2.18. The van der Waals surface area contributed by atoms with E-state index in [9.17, 15) is 8.78 Å². The van der Waals surface area contributed by atoms with Crippen LogP contribution in [0.5, 0.6) is 0 Å². The number of furan rings is 1. The Bertz CT molecular complexity index is 541. The van der Waals surface area contributed by atoms with E-state index in [4.69, 9.17) is 10.2 Å². The van der Waals surface area contributed by atoms with Crippen LogP contribution in [-0.4, -0.2) is 6.04 Å². The maximum atomic E-state index is 13.0. The fourth-order valence-corrected chi connectivity index (χ4v) is 2.04. The molecule has 1 unspecified atom stereocenters. The molecular weight excluding hydrogens is 262 g/mol. The number of anilines is 2. The Balaban J connectivity index is 1.98. The molecule has 1 heterocycles. The molecule has 3 N–H and O–H groups in total. The van der Waals surface area contributed by atoms with Gasteiger partial charge in [0.2, 0.25) is 0 Å². The van der Waals surface area contributed by atoms with Crippen molar-refractivity contribution in [2.75, 3.05) is 11.1 Å². The van der Waals surface area contributed by atoms with Gasteiger partial charge in [0.05, 0.1) is 6.26 Å². The predicted octanol–water partition coefficient (Wildman–Crippen LogP) is 4.23. The van der Waals surface area contributed by atoms with Gasteiger partial charge in [0.1, 0.15) is 5.76 Å². The van der Waals surface area contributed by atoms with Gasteiger partial charge in [0.25, 0.3) is 6.43 Å². The highest BCUT2D eigenvalue weighted by atomic mass is 19.3. The highest BCUT2D eigenvalue weighted by Gasteiger charge is 2.15. The van der Waals surface area contributed by atoms with E-state index in [0.717, 1.165) is 18.6 Å². The zero-order chi connectivity index (χ0) is 14.5. The number of nitrogens with two attached hydrogens (primary N) is 1. The van der Waals surface area contributed by atoms with Crippen LogP contribution in [0.1, 0.15) is 31.1 Å². The van der Waals surface area contributed by atoms with E-state index >= 15 is 0 Å². The van der Waals surface area contributed by atoms with Crippen molar-refractivity contribution < 1.29 is 13.2 Å². The third kappa shape index (κ3) is 3.73. The third-order valence-electron chi connectivity index (χ3n) is 3.12. The quantitative estimate of drug-likeness (QED) is 0.778. The number of nitrogens with one attached hydrogen (secondary N) is 1. The molecule has 0 aliphatic rings. The summed E-state index contributed by atoms with van der Waals surface area (Å²) in [5.41, 5.74) is 6.26. The number of alkyl halides is 2. The van der Waals surface area contributed by atoms with Gasteiger partial charge in [-0.15, -0.1) is 0 Å². The lowest BCUT2D eigenvalue weighted by molar-refractivity contribution is 0.152. The maximum Gasteiger partial charge on any atom is 0.265 e. The van der Waals surface area contributed by atoms with Gasteiger partial charge < -0.3 is 15.5 Å². The Kier molecular flexibility index (Phi) is 4.61. The molecular formula is C15H18F2N2O. The number of hydrogen-bond acceptors (Lipinski definition) is 3. The van der Waals surface area contributed by atoms with E-state index < -0.39 is 6.43 Å². The first-order chi connectivity index (χ1) is 9.56. The number of rotatable bonds is 6. The molecule has 0 radical (unpaired) electrons. The molecule has 0 aliphatic heterocycles. The van der Waals surface area contributed by atoms with Crippen LogP contribution in [0.2, 0.25) is 0 Å². The average Bonchev–Trinajstić information content (AvgIpc) is 2.91. The van der Waals surface area contributed by atoms with Crippen LogP contribution in [0, 0.1) is 0 Å². The number of halogens is 2. The molecule has 0 saturated heterocycles. The molecule has 20 heavy (non-hydrogen) atoms. The Labute approximate surface area is 116 Å². The second kappa shape index (κ2) is 6.41. The van der Waals surface area contributed by atoms with Crippen LogP contribution in [0.25, 0.3) is 0 Å². The van der Waals surface area contributed by atoms with E-state index in [0.29, 0.717) is 11.4 Å². The van der Waals surface area contributed by atoms with Crippen LogP contribution in [0.4, 0.5) is 20.2 Å². The minimum Gasteiger partial charge on any atom is -0.469 e. The topological polar surface area (TPSA) is 51.2 Å². The zero-order valence-electron chi connectivity index (χ0n) is 11.3. The van der Waals surface area contributed by atoms with Crippen molar-refractivity contribution in [2.45, 2.75) is 32.2 Å². The molecule has 1 aromatic heterocycles. The van der Waals surface area contributed by atoms with Crippen molar-refractivity contribution in [2.24, 2.45) is 0 Å². The number of nitrogen functional groups attached to an aromatic ring is 1. The molecule has 0 amide bonds. The molecule has 2 rings (SSSR count). The van der Waals surface area contributed by atoms with Crippen molar-refractivity contribution in [1.29, 1.82) is 0 Å². The van der Waals surface area contributed by atoms with Crippen LogP contribution in [-0.2, 0) is 6.42 Å².